The van der Waals surface area contributed by atoms with Crippen molar-refractivity contribution in [3.05, 3.63) is 70.7 Å². The lowest BCUT2D eigenvalue weighted by atomic mass is 9.93. The Bertz CT molecular complexity index is 654. The molecule has 0 N–H and O–H groups in total. The van der Waals surface area contributed by atoms with Crippen LogP contribution >= 0.6 is 22.3 Å². The lowest BCUT2D eigenvalue weighted by molar-refractivity contribution is 0.606. The van der Waals surface area contributed by atoms with E-state index in [9.17, 15) is 8.42 Å². The Morgan fingerprint density at radius 2 is 1.53 bits per heavy atom. The standard InChI is InChI=1S/C14H12Cl2O2S/c15-14-9-5-4-8-12(14)13(10-19(16,17)18)11-6-2-1-3-7-11/h1-9,13H,10H2. The molecule has 0 amide bonds. The highest BCUT2D eigenvalue weighted by molar-refractivity contribution is 8.13. The van der Waals surface area contributed by atoms with Crippen molar-refractivity contribution in [2.45, 2.75) is 5.92 Å². The van der Waals surface area contributed by atoms with Crippen molar-refractivity contribution in [3.8, 4) is 0 Å². The van der Waals surface area contributed by atoms with Gasteiger partial charge in [0.1, 0.15) is 0 Å². The summed E-state index contributed by atoms with van der Waals surface area (Å²) in [5, 5.41) is 0.539. The minimum atomic E-state index is -3.62. The topological polar surface area (TPSA) is 34.1 Å². The average molecular weight is 315 g/mol. The molecule has 2 aromatic carbocycles. The van der Waals surface area contributed by atoms with Gasteiger partial charge in [0.05, 0.1) is 5.75 Å². The summed E-state index contributed by atoms with van der Waals surface area (Å²) >= 11 is 6.16. The van der Waals surface area contributed by atoms with Gasteiger partial charge >= 0.3 is 0 Å². The summed E-state index contributed by atoms with van der Waals surface area (Å²) in [5.74, 6) is -0.542. The van der Waals surface area contributed by atoms with Crippen LogP contribution in [-0.2, 0) is 9.05 Å². The molecule has 0 aliphatic carbocycles. The molecule has 0 aliphatic rings. The first-order valence-corrected chi connectivity index (χ1v) is 8.55. The lowest BCUT2D eigenvalue weighted by Crippen LogP contribution is -2.12. The Balaban J connectivity index is 2.50. The van der Waals surface area contributed by atoms with E-state index in [2.05, 4.69) is 0 Å². The molecule has 0 saturated carbocycles. The number of hydrogen-bond acceptors (Lipinski definition) is 2. The molecule has 0 bridgehead atoms. The summed E-state index contributed by atoms with van der Waals surface area (Å²) in [7, 11) is 1.79. The van der Waals surface area contributed by atoms with Gasteiger partial charge < -0.3 is 0 Å². The zero-order chi connectivity index (χ0) is 13.9. The molecule has 2 nitrogen and oxygen atoms in total. The fourth-order valence-corrected chi connectivity index (χ4v) is 3.42. The molecule has 2 aromatic rings. The fraction of sp³-hybridized carbons (Fsp3) is 0.143. The first-order valence-electron chi connectivity index (χ1n) is 5.69. The second kappa shape index (κ2) is 5.95. The molecule has 0 heterocycles. The molecule has 0 radical (unpaired) electrons. The van der Waals surface area contributed by atoms with Gasteiger partial charge in [-0.2, -0.15) is 0 Å². The van der Waals surface area contributed by atoms with Crippen LogP contribution in [0.3, 0.4) is 0 Å². The van der Waals surface area contributed by atoms with E-state index < -0.39 is 9.05 Å². The van der Waals surface area contributed by atoms with Gasteiger partial charge in [-0.25, -0.2) is 8.42 Å². The van der Waals surface area contributed by atoms with Crippen LogP contribution in [0.25, 0.3) is 0 Å². The molecule has 1 unspecified atom stereocenters. The summed E-state index contributed by atoms with van der Waals surface area (Å²) in [5.41, 5.74) is 1.64. The summed E-state index contributed by atoms with van der Waals surface area (Å²) in [6.07, 6.45) is 0. The van der Waals surface area contributed by atoms with Crippen molar-refractivity contribution in [1.82, 2.24) is 0 Å². The smallest absolute Gasteiger partial charge is 0.212 e. The highest BCUT2D eigenvalue weighted by atomic mass is 35.7. The Hall–Kier alpha value is -1.03. The maximum atomic E-state index is 11.4. The minimum Gasteiger partial charge on any atom is -0.212 e. The molecule has 0 saturated heterocycles. The highest BCUT2D eigenvalue weighted by Crippen LogP contribution is 2.32. The quantitative estimate of drug-likeness (QED) is 0.798. The van der Waals surface area contributed by atoms with Crippen molar-refractivity contribution < 1.29 is 8.42 Å². The number of benzene rings is 2. The normalized spacial score (nSPS) is 13.2. The fourth-order valence-electron chi connectivity index (χ4n) is 2.01. The van der Waals surface area contributed by atoms with E-state index in [0.29, 0.717) is 5.02 Å². The molecule has 1 atom stereocenters. The van der Waals surface area contributed by atoms with Gasteiger partial charge in [-0.1, -0.05) is 60.1 Å². The van der Waals surface area contributed by atoms with Gasteiger partial charge in [0, 0.05) is 21.6 Å². The van der Waals surface area contributed by atoms with Crippen LogP contribution in [0, 0.1) is 0 Å². The number of rotatable bonds is 4. The Kier molecular flexibility index (Phi) is 4.50. The van der Waals surface area contributed by atoms with E-state index in [1.54, 1.807) is 6.07 Å². The van der Waals surface area contributed by atoms with Crippen LogP contribution in [-0.4, -0.2) is 14.2 Å². The van der Waals surface area contributed by atoms with Gasteiger partial charge in [-0.15, -0.1) is 0 Å². The third kappa shape index (κ3) is 3.96. The van der Waals surface area contributed by atoms with Crippen LogP contribution in [0.5, 0.6) is 0 Å². The molecule has 0 aromatic heterocycles. The van der Waals surface area contributed by atoms with Crippen LogP contribution in [0.2, 0.25) is 5.02 Å². The second-order valence-corrected chi connectivity index (χ2v) is 7.42. The molecule has 100 valence electrons. The average Bonchev–Trinajstić information content (AvgIpc) is 2.37. The third-order valence-electron chi connectivity index (χ3n) is 2.85. The first-order chi connectivity index (χ1) is 8.97. The van der Waals surface area contributed by atoms with E-state index >= 15 is 0 Å². The van der Waals surface area contributed by atoms with Gasteiger partial charge in [0.25, 0.3) is 0 Å². The van der Waals surface area contributed by atoms with Gasteiger partial charge in [0.15, 0.2) is 0 Å². The van der Waals surface area contributed by atoms with Gasteiger partial charge in [-0.05, 0) is 17.2 Å². The van der Waals surface area contributed by atoms with Crippen molar-refractivity contribution in [2.24, 2.45) is 0 Å². The van der Waals surface area contributed by atoms with Crippen LogP contribution < -0.4 is 0 Å². The second-order valence-electron chi connectivity index (χ2n) is 4.19. The molecular formula is C14H12Cl2O2S. The molecule has 2 rings (SSSR count). The lowest BCUT2D eigenvalue weighted by Gasteiger charge is -2.17. The number of halogens is 2. The van der Waals surface area contributed by atoms with E-state index in [-0.39, 0.29) is 11.7 Å². The SMILES string of the molecule is O=S(=O)(Cl)CC(c1ccccc1)c1ccccc1Cl. The van der Waals surface area contributed by atoms with Crippen molar-refractivity contribution in [3.63, 3.8) is 0 Å². The predicted molar refractivity (Wildman–Crippen MR) is 79.4 cm³/mol. The van der Waals surface area contributed by atoms with Crippen molar-refractivity contribution >= 4 is 31.3 Å². The third-order valence-corrected chi connectivity index (χ3v) is 4.30. The number of hydrogen-bond donors (Lipinski definition) is 0. The largest absolute Gasteiger partial charge is 0.233 e. The molecule has 19 heavy (non-hydrogen) atoms. The van der Waals surface area contributed by atoms with Crippen LogP contribution in [0.1, 0.15) is 17.0 Å². The maximum absolute atomic E-state index is 11.4. The Morgan fingerprint density at radius 1 is 0.947 bits per heavy atom. The highest BCUT2D eigenvalue weighted by Gasteiger charge is 2.22. The van der Waals surface area contributed by atoms with Crippen LogP contribution in [0.4, 0.5) is 0 Å². The van der Waals surface area contributed by atoms with E-state index in [1.165, 1.54) is 0 Å². The Labute approximate surface area is 122 Å². The van der Waals surface area contributed by atoms with E-state index in [0.717, 1.165) is 11.1 Å². The summed E-state index contributed by atoms with van der Waals surface area (Å²) < 4.78 is 22.8. The van der Waals surface area contributed by atoms with Gasteiger partial charge in [0.2, 0.25) is 9.05 Å². The van der Waals surface area contributed by atoms with Crippen molar-refractivity contribution in [2.75, 3.05) is 5.75 Å². The summed E-state index contributed by atoms with van der Waals surface area (Å²) in [6.45, 7) is 0. The van der Waals surface area contributed by atoms with Crippen LogP contribution in [0.15, 0.2) is 54.6 Å². The zero-order valence-corrected chi connectivity index (χ0v) is 12.3. The summed E-state index contributed by atoms with van der Waals surface area (Å²) in [4.78, 5) is 0. The Morgan fingerprint density at radius 3 is 2.11 bits per heavy atom. The molecule has 0 fully saturated rings. The maximum Gasteiger partial charge on any atom is 0.233 e. The molecule has 0 aliphatic heterocycles. The van der Waals surface area contributed by atoms with E-state index in [1.807, 2.05) is 48.5 Å². The predicted octanol–water partition coefficient (Wildman–Crippen LogP) is 4.04. The molecular weight excluding hydrogens is 303 g/mol. The van der Waals surface area contributed by atoms with E-state index in [4.69, 9.17) is 22.3 Å². The minimum absolute atomic E-state index is 0.178. The summed E-state index contributed by atoms with van der Waals surface area (Å²) in [6, 6.07) is 16.5. The molecule has 5 heteroatoms. The zero-order valence-electron chi connectivity index (χ0n) is 9.96. The monoisotopic (exact) mass is 314 g/mol. The molecule has 0 spiro atoms. The van der Waals surface area contributed by atoms with Gasteiger partial charge in [-0.3, -0.25) is 0 Å². The first kappa shape index (κ1) is 14.4. The van der Waals surface area contributed by atoms with Crippen molar-refractivity contribution in [1.29, 1.82) is 0 Å².